The van der Waals surface area contributed by atoms with Crippen LogP contribution in [0, 0.1) is 11.6 Å². The third kappa shape index (κ3) is 3.89. The number of ether oxygens (including phenoxy) is 1. The fourth-order valence-corrected chi connectivity index (χ4v) is 2.28. The van der Waals surface area contributed by atoms with Crippen LogP contribution >= 0.6 is 27.5 Å². The van der Waals surface area contributed by atoms with Gasteiger partial charge in [0.2, 0.25) is 0 Å². The van der Waals surface area contributed by atoms with Crippen LogP contribution < -0.4 is 4.74 Å². The van der Waals surface area contributed by atoms with E-state index < -0.39 is 28.4 Å². The molecule has 0 fully saturated rings. The van der Waals surface area contributed by atoms with Crippen LogP contribution in [0.3, 0.4) is 0 Å². The number of alkyl halides is 3. The van der Waals surface area contributed by atoms with Gasteiger partial charge in [-0.1, -0.05) is 17.7 Å². The number of hydrogen-bond acceptors (Lipinski definition) is 1. The van der Waals surface area contributed by atoms with Crippen LogP contribution in [0.4, 0.5) is 22.0 Å². The summed E-state index contributed by atoms with van der Waals surface area (Å²) in [5, 5.41) is -0.490. The minimum atomic E-state index is -4.56. The summed E-state index contributed by atoms with van der Waals surface area (Å²) in [6, 6.07) is 4.76. The molecule has 2 aromatic rings. The Balaban J connectivity index is 2.16. The van der Waals surface area contributed by atoms with Crippen molar-refractivity contribution in [3.63, 3.8) is 0 Å². The lowest BCUT2D eigenvalue weighted by Gasteiger charge is -2.12. The average Bonchev–Trinajstić information content (AvgIpc) is 2.40. The van der Waals surface area contributed by atoms with Crippen molar-refractivity contribution in [3.8, 4) is 5.75 Å². The first-order valence-corrected chi connectivity index (χ1v) is 6.98. The fourth-order valence-electron chi connectivity index (χ4n) is 1.65. The molecule has 118 valence electrons. The Morgan fingerprint density at radius 2 is 1.73 bits per heavy atom. The first-order chi connectivity index (χ1) is 10.2. The van der Waals surface area contributed by atoms with Crippen molar-refractivity contribution in [3.05, 3.63) is 62.6 Å². The molecule has 1 nitrogen and oxygen atoms in total. The van der Waals surface area contributed by atoms with E-state index in [1.54, 1.807) is 0 Å². The largest absolute Gasteiger partial charge is 0.486 e. The highest BCUT2D eigenvalue weighted by atomic mass is 79.9. The van der Waals surface area contributed by atoms with Crippen molar-refractivity contribution in [2.24, 2.45) is 0 Å². The van der Waals surface area contributed by atoms with Crippen LogP contribution in [0.1, 0.15) is 11.1 Å². The zero-order chi connectivity index (χ0) is 16.5. The predicted octanol–water partition coefficient (Wildman–Crippen LogP) is 5.98. The van der Waals surface area contributed by atoms with Crippen molar-refractivity contribution in [1.29, 1.82) is 0 Å². The van der Waals surface area contributed by atoms with Gasteiger partial charge in [-0.05, 0) is 39.7 Å². The summed E-state index contributed by atoms with van der Waals surface area (Å²) in [6.07, 6.45) is -4.56. The van der Waals surface area contributed by atoms with Gasteiger partial charge in [0.15, 0.2) is 11.6 Å². The number of rotatable bonds is 3. The highest BCUT2D eigenvalue weighted by molar-refractivity contribution is 9.10. The summed E-state index contributed by atoms with van der Waals surface area (Å²) in [5.74, 6) is -1.87. The molecule has 2 rings (SSSR count). The lowest BCUT2D eigenvalue weighted by atomic mass is 10.1. The maximum atomic E-state index is 13.5. The molecule has 0 heterocycles. The molecule has 0 aliphatic heterocycles. The van der Waals surface area contributed by atoms with Gasteiger partial charge in [-0.25, -0.2) is 8.78 Å². The molecule has 8 heteroatoms. The zero-order valence-electron chi connectivity index (χ0n) is 10.6. The van der Waals surface area contributed by atoms with Crippen LogP contribution in [0.25, 0.3) is 0 Å². The summed E-state index contributed by atoms with van der Waals surface area (Å²) >= 11 is 8.37. The summed E-state index contributed by atoms with van der Waals surface area (Å²) in [5.41, 5.74) is -0.681. The quantitative estimate of drug-likeness (QED) is 0.454. The lowest BCUT2D eigenvalue weighted by molar-refractivity contribution is -0.137. The number of benzene rings is 2. The van der Waals surface area contributed by atoms with Gasteiger partial charge in [-0.15, -0.1) is 0 Å². The normalized spacial score (nSPS) is 11.6. The first kappa shape index (κ1) is 17.0. The van der Waals surface area contributed by atoms with Gasteiger partial charge >= 0.3 is 6.18 Å². The van der Waals surface area contributed by atoms with Gasteiger partial charge in [0.1, 0.15) is 12.4 Å². The minimum Gasteiger partial charge on any atom is -0.486 e. The first-order valence-electron chi connectivity index (χ1n) is 5.81. The maximum Gasteiger partial charge on any atom is 0.417 e. The number of hydrogen-bond donors (Lipinski definition) is 0. The fraction of sp³-hybridized carbons (Fsp3) is 0.143. The van der Waals surface area contributed by atoms with Crippen molar-refractivity contribution in [2.45, 2.75) is 12.8 Å². The van der Waals surface area contributed by atoms with E-state index in [1.807, 2.05) is 0 Å². The molecule has 0 saturated heterocycles. The molecule has 0 aliphatic carbocycles. The average molecular weight is 402 g/mol. The molecule has 0 amide bonds. The highest BCUT2D eigenvalue weighted by Gasteiger charge is 2.33. The minimum absolute atomic E-state index is 0.0603. The Labute approximate surface area is 135 Å². The topological polar surface area (TPSA) is 9.23 Å². The van der Waals surface area contributed by atoms with Crippen LogP contribution in [0.2, 0.25) is 5.02 Å². The van der Waals surface area contributed by atoms with E-state index in [-0.39, 0.29) is 16.8 Å². The van der Waals surface area contributed by atoms with Gasteiger partial charge in [-0.2, -0.15) is 13.2 Å². The lowest BCUT2D eigenvalue weighted by Crippen LogP contribution is -2.06. The molecule has 0 spiro atoms. The van der Waals surface area contributed by atoms with E-state index in [2.05, 4.69) is 15.9 Å². The van der Waals surface area contributed by atoms with Crippen LogP contribution in [-0.2, 0) is 12.8 Å². The van der Waals surface area contributed by atoms with Gasteiger partial charge in [0, 0.05) is 6.07 Å². The van der Waals surface area contributed by atoms with Gasteiger partial charge in [0.05, 0.1) is 15.1 Å². The molecule has 0 N–H and O–H groups in total. The maximum absolute atomic E-state index is 13.5. The molecule has 0 aromatic heterocycles. The van der Waals surface area contributed by atoms with E-state index in [1.165, 1.54) is 0 Å². The zero-order valence-corrected chi connectivity index (χ0v) is 13.0. The standard InChI is InChI=1S/C14H7BrClF5O/c15-9-4-12(18)13(5-11(9)17)22-6-7-1-2-8(10(16)3-7)14(19,20)21/h1-5H,6H2. The Morgan fingerprint density at radius 3 is 2.32 bits per heavy atom. The number of halogens is 7. The van der Waals surface area contributed by atoms with Gasteiger partial charge < -0.3 is 4.74 Å². The molecule has 0 radical (unpaired) electrons. The molecular formula is C14H7BrClF5O. The van der Waals surface area contributed by atoms with Crippen molar-refractivity contribution in [1.82, 2.24) is 0 Å². The summed E-state index contributed by atoms with van der Waals surface area (Å²) < 4.78 is 69.5. The summed E-state index contributed by atoms with van der Waals surface area (Å²) in [6.45, 7) is -0.254. The Bertz CT molecular complexity index is 702. The van der Waals surface area contributed by atoms with Crippen LogP contribution in [0.5, 0.6) is 5.75 Å². The SMILES string of the molecule is Fc1cc(OCc2ccc(C(F)(F)F)c(Cl)c2)c(F)cc1Br. The molecule has 22 heavy (non-hydrogen) atoms. The predicted molar refractivity (Wildman–Crippen MR) is 74.8 cm³/mol. The Morgan fingerprint density at radius 1 is 1.05 bits per heavy atom. The van der Waals surface area contributed by atoms with E-state index in [9.17, 15) is 22.0 Å². The van der Waals surface area contributed by atoms with E-state index >= 15 is 0 Å². The third-order valence-corrected chi connectivity index (χ3v) is 3.63. The monoisotopic (exact) mass is 400 g/mol. The van der Waals surface area contributed by atoms with Crippen LogP contribution in [-0.4, -0.2) is 0 Å². The highest BCUT2D eigenvalue weighted by Crippen LogP contribution is 2.35. The van der Waals surface area contributed by atoms with Gasteiger partial charge in [0.25, 0.3) is 0 Å². The second-order valence-electron chi connectivity index (χ2n) is 4.30. The second-order valence-corrected chi connectivity index (χ2v) is 5.56. The van der Waals surface area contributed by atoms with E-state index in [0.717, 1.165) is 30.3 Å². The molecular weight excluding hydrogens is 394 g/mol. The molecule has 0 unspecified atom stereocenters. The van der Waals surface area contributed by atoms with E-state index in [4.69, 9.17) is 16.3 Å². The molecule has 0 saturated carbocycles. The van der Waals surface area contributed by atoms with Crippen LogP contribution in [0.15, 0.2) is 34.8 Å². The van der Waals surface area contributed by atoms with Crippen molar-refractivity contribution >= 4 is 27.5 Å². The Hall–Kier alpha value is -1.34. The summed E-state index contributed by atoms with van der Waals surface area (Å²) in [7, 11) is 0. The molecule has 0 atom stereocenters. The molecule has 0 bridgehead atoms. The molecule has 2 aromatic carbocycles. The van der Waals surface area contributed by atoms with Gasteiger partial charge in [-0.3, -0.25) is 0 Å². The van der Waals surface area contributed by atoms with E-state index in [0.29, 0.717) is 5.56 Å². The second kappa shape index (κ2) is 6.42. The van der Waals surface area contributed by atoms with Crippen molar-refractivity contribution < 1.29 is 26.7 Å². The smallest absolute Gasteiger partial charge is 0.417 e. The third-order valence-electron chi connectivity index (χ3n) is 2.71. The Kier molecular flexibility index (Phi) is 4.97. The molecule has 0 aliphatic rings. The van der Waals surface area contributed by atoms with Crippen molar-refractivity contribution in [2.75, 3.05) is 0 Å². The summed E-state index contributed by atoms with van der Waals surface area (Å²) in [4.78, 5) is 0.